The fraction of sp³-hybridized carbons (Fsp3) is 0.533. The SMILES string of the molecule is O=C(O)c1ccc([N+](=O)[O-])cc1NCC1CC2CCC1C2. The number of anilines is 1. The van der Waals surface area contributed by atoms with Gasteiger partial charge in [-0.25, -0.2) is 4.79 Å². The van der Waals surface area contributed by atoms with Gasteiger partial charge in [-0.3, -0.25) is 10.1 Å². The van der Waals surface area contributed by atoms with Gasteiger partial charge in [0, 0.05) is 18.7 Å². The van der Waals surface area contributed by atoms with Gasteiger partial charge in [-0.15, -0.1) is 0 Å². The van der Waals surface area contributed by atoms with Crippen LogP contribution in [0.4, 0.5) is 11.4 Å². The normalized spacial score (nSPS) is 26.8. The van der Waals surface area contributed by atoms with Crippen molar-refractivity contribution in [3.05, 3.63) is 33.9 Å². The molecule has 2 aliphatic carbocycles. The Bertz CT molecular complexity index is 587. The molecule has 1 aromatic rings. The Kier molecular flexibility index (Phi) is 3.53. The zero-order chi connectivity index (χ0) is 15.0. The number of fused-ring (bicyclic) bond motifs is 2. The van der Waals surface area contributed by atoms with Crippen LogP contribution in [0.15, 0.2) is 18.2 Å². The number of hydrogen-bond donors (Lipinski definition) is 2. The molecule has 0 aromatic heterocycles. The first kappa shape index (κ1) is 13.9. The number of nitro groups is 1. The standard InChI is InChI=1S/C15H18N2O4/c18-15(19)13-4-3-12(17(20)21)7-14(13)16-8-11-6-9-1-2-10(11)5-9/h3-4,7,9-11,16H,1-2,5-6,8H2,(H,18,19). The van der Waals surface area contributed by atoms with Crippen LogP contribution in [0.1, 0.15) is 36.0 Å². The molecule has 2 saturated carbocycles. The van der Waals surface area contributed by atoms with Gasteiger partial charge in [0.2, 0.25) is 0 Å². The van der Waals surface area contributed by atoms with Crippen LogP contribution in [0.5, 0.6) is 0 Å². The molecular formula is C15H18N2O4. The first-order chi connectivity index (χ1) is 10.0. The minimum Gasteiger partial charge on any atom is -0.478 e. The molecule has 0 saturated heterocycles. The Morgan fingerprint density at radius 1 is 1.38 bits per heavy atom. The fourth-order valence-corrected chi connectivity index (χ4v) is 3.85. The van der Waals surface area contributed by atoms with Gasteiger partial charge in [-0.05, 0) is 43.1 Å². The van der Waals surface area contributed by atoms with Crippen molar-refractivity contribution in [2.75, 3.05) is 11.9 Å². The number of benzene rings is 1. The molecule has 0 heterocycles. The van der Waals surface area contributed by atoms with Crippen molar-refractivity contribution in [1.29, 1.82) is 0 Å². The Morgan fingerprint density at radius 3 is 2.76 bits per heavy atom. The Balaban J connectivity index is 1.75. The van der Waals surface area contributed by atoms with Crippen LogP contribution < -0.4 is 5.32 Å². The van der Waals surface area contributed by atoms with E-state index in [0.717, 1.165) is 11.8 Å². The summed E-state index contributed by atoms with van der Waals surface area (Å²) in [6.45, 7) is 0.697. The third-order valence-corrected chi connectivity index (χ3v) is 4.88. The summed E-state index contributed by atoms with van der Waals surface area (Å²) in [5, 5.41) is 23.1. The summed E-state index contributed by atoms with van der Waals surface area (Å²) in [5.74, 6) is 1.05. The van der Waals surface area contributed by atoms with Crippen LogP contribution in [0.3, 0.4) is 0 Å². The van der Waals surface area contributed by atoms with E-state index < -0.39 is 10.9 Å². The van der Waals surface area contributed by atoms with E-state index in [0.29, 0.717) is 18.2 Å². The number of carboxylic acids is 1. The number of aromatic carboxylic acids is 1. The second kappa shape index (κ2) is 5.35. The molecule has 0 amide bonds. The van der Waals surface area contributed by atoms with Gasteiger partial charge < -0.3 is 10.4 Å². The maximum absolute atomic E-state index is 11.2. The summed E-state index contributed by atoms with van der Waals surface area (Å²) in [4.78, 5) is 21.5. The first-order valence-electron chi connectivity index (χ1n) is 7.30. The van der Waals surface area contributed by atoms with Gasteiger partial charge >= 0.3 is 5.97 Å². The van der Waals surface area contributed by atoms with E-state index in [9.17, 15) is 20.0 Å². The van der Waals surface area contributed by atoms with Crippen molar-refractivity contribution in [3.63, 3.8) is 0 Å². The first-order valence-corrected chi connectivity index (χ1v) is 7.30. The van der Waals surface area contributed by atoms with Crippen molar-refractivity contribution in [2.24, 2.45) is 17.8 Å². The van der Waals surface area contributed by atoms with Crippen molar-refractivity contribution < 1.29 is 14.8 Å². The highest BCUT2D eigenvalue weighted by Crippen LogP contribution is 2.48. The minimum atomic E-state index is -1.07. The number of hydrogen-bond acceptors (Lipinski definition) is 4. The molecule has 0 aliphatic heterocycles. The number of non-ortho nitro benzene ring substituents is 1. The van der Waals surface area contributed by atoms with E-state index in [2.05, 4.69) is 5.32 Å². The second-order valence-corrected chi connectivity index (χ2v) is 6.11. The van der Waals surface area contributed by atoms with E-state index in [1.54, 1.807) is 0 Å². The topological polar surface area (TPSA) is 92.5 Å². The number of carboxylic acid groups (broad SMARTS) is 1. The van der Waals surface area contributed by atoms with Crippen LogP contribution in [-0.4, -0.2) is 22.5 Å². The van der Waals surface area contributed by atoms with Gasteiger partial charge in [-0.1, -0.05) is 6.42 Å². The molecule has 3 atom stereocenters. The lowest BCUT2D eigenvalue weighted by molar-refractivity contribution is -0.384. The number of nitro benzene ring substituents is 1. The van der Waals surface area contributed by atoms with Crippen LogP contribution in [0, 0.1) is 27.9 Å². The third kappa shape index (κ3) is 2.70. The molecule has 2 fully saturated rings. The van der Waals surface area contributed by atoms with E-state index in [1.165, 1.54) is 43.9 Å². The minimum absolute atomic E-state index is 0.0868. The number of nitrogens with one attached hydrogen (secondary N) is 1. The summed E-state index contributed by atoms with van der Waals surface area (Å²) in [6.07, 6.45) is 5.05. The number of carbonyl (C=O) groups is 1. The lowest BCUT2D eigenvalue weighted by Gasteiger charge is -2.22. The van der Waals surface area contributed by atoms with E-state index >= 15 is 0 Å². The van der Waals surface area contributed by atoms with Crippen LogP contribution >= 0.6 is 0 Å². The van der Waals surface area contributed by atoms with Gasteiger partial charge in [0.05, 0.1) is 16.2 Å². The molecule has 3 unspecified atom stereocenters. The molecule has 6 nitrogen and oxygen atoms in total. The van der Waals surface area contributed by atoms with Gasteiger partial charge in [-0.2, -0.15) is 0 Å². The van der Waals surface area contributed by atoms with Crippen molar-refractivity contribution >= 4 is 17.3 Å². The quantitative estimate of drug-likeness (QED) is 0.642. The predicted octanol–water partition coefficient (Wildman–Crippen LogP) is 3.14. The van der Waals surface area contributed by atoms with Gasteiger partial charge in [0.15, 0.2) is 0 Å². The fourth-order valence-electron chi connectivity index (χ4n) is 3.85. The summed E-state index contributed by atoms with van der Waals surface area (Å²) in [5.41, 5.74) is 0.346. The summed E-state index contributed by atoms with van der Waals surface area (Å²) < 4.78 is 0. The molecular weight excluding hydrogens is 272 g/mol. The zero-order valence-corrected chi connectivity index (χ0v) is 11.6. The number of nitrogens with zero attached hydrogens (tertiary/aromatic N) is 1. The molecule has 1 aromatic carbocycles. The highest BCUT2D eigenvalue weighted by Gasteiger charge is 2.39. The summed E-state index contributed by atoms with van der Waals surface area (Å²) >= 11 is 0. The largest absolute Gasteiger partial charge is 0.478 e. The summed E-state index contributed by atoms with van der Waals surface area (Å²) in [6, 6.07) is 3.84. The zero-order valence-electron chi connectivity index (χ0n) is 11.6. The molecule has 2 aliphatic rings. The maximum atomic E-state index is 11.2. The van der Waals surface area contributed by atoms with E-state index in [1.807, 2.05) is 0 Å². The molecule has 3 rings (SSSR count). The third-order valence-electron chi connectivity index (χ3n) is 4.88. The van der Waals surface area contributed by atoms with Crippen LogP contribution in [0.25, 0.3) is 0 Å². The number of rotatable bonds is 5. The monoisotopic (exact) mass is 290 g/mol. The Hall–Kier alpha value is -2.11. The van der Waals surface area contributed by atoms with Gasteiger partial charge in [0.1, 0.15) is 0 Å². The van der Waals surface area contributed by atoms with Gasteiger partial charge in [0.25, 0.3) is 5.69 Å². The highest BCUT2D eigenvalue weighted by atomic mass is 16.6. The molecule has 0 spiro atoms. The van der Waals surface area contributed by atoms with Crippen LogP contribution in [0.2, 0.25) is 0 Å². The average Bonchev–Trinajstić information content (AvgIpc) is 3.07. The second-order valence-electron chi connectivity index (χ2n) is 6.11. The smallest absolute Gasteiger partial charge is 0.337 e. The Morgan fingerprint density at radius 2 is 2.19 bits per heavy atom. The molecule has 21 heavy (non-hydrogen) atoms. The molecule has 6 heteroatoms. The van der Waals surface area contributed by atoms with E-state index in [-0.39, 0.29) is 11.3 Å². The average molecular weight is 290 g/mol. The highest BCUT2D eigenvalue weighted by molar-refractivity contribution is 5.94. The van der Waals surface area contributed by atoms with Crippen molar-refractivity contribution in [3.8, 4) is 0 Å². The van der Waals surface area contributed by atoms with Crippen molar-refractivity contribution in [1.82, 2.24) is 0 Å². The molecule has 2 N–H and O–H groups in total. The molecule has 0 radical (unpaired) electrons. The molecule has 112 valence electrons. The predicted molar refractivity (Wildman–Crippen MR) is 77.5 cm³/mol. The van der Waals surface area contributed by atoms with Crippen LogP contribution in [-0.2, 0) is 0 Å². The lowest BCUT2D eigenvalue weighted by Crippen LogP contribution is -2.21. The molecule has 2 bridgehead atoms. The maximum Gasteiger partial charge on any atom is 0.337 e. The van der Waals surface area contributed by atoms with E-state index in [4.69, 9.17) is 0 Å². The van der Waals surface area contributed by atoms with Crippen molar-refractivity contribution in [2.45, 2.75) is 25.7 Å². The summed E-state index contributed by atoms with van der Waals surface area (Å²) in [7, 11) is 0. The Labute approximate surface area is 122 Å². The lowest BCUT2D eigenvalue weighted by atomic mass is 9.89.